The van der Waals surface area contributed by atoms with Crippen molar-refractivity contribution in [2.45, 2.75) is 77.1 Å². The van der Waals surface area contributed by atoms with E-state index in [0.717, 1.165) is 24.8 Å². The van der Waals surface area contributed by atoms with Gasteiger partial charge in [0.05, 0.1) is 11.7 Å². The van der Waals surface area contributed by atoms with Crippen LogP contribution in [0.1, 0.15) is 59.3 Å². The molecule has 1 fully saturated rings. The molecule has 4 nitrogen and oxygen atoms in total. The lowest BCUT2D eigenvalue weighted by atomic mass is 9.78. The fraction of sp³-hybridized carbons (Fsp3) is 0.650. The molecule has 0 aromatic heterocycles. The normalized spacial score (nSPS) is 38.5. The zero-order valence-electron chi connectivity index (χ0n) is 15.0. The molecule has 134 valence electrons. The van der Waals surface area contributed by atoms with Crippen LogP contribution in [0, 0.1) is 5.92 Å². The van der Waals surface area contributed by atoms with Crippen LogP contribution in [0.4, 0.5) is 0 Å². The fourth-order valence-electron chi connectivity index (χ4n) is 3.52. The molecular weight excluding hydrogens is 304 g/mol. The van der Waals surface area contributed by atoms with Crippen LogP contribution in [0.15, 0.2) is 35.5 Å². The minimum Gasteiger partial charge on any atom is -0.456 e. The number of aliphatic hydroxyl groups excluding tert-OH is 1. The Labute approximate surface area is 144 Å². The maximum atomic E-state index is 12.1. The van der Waals surface area contributed by atoms with E-state index in [4.69, 9.17) is 4.74 Å². The van der Waals surface area contributed by atoms with Crippen molar-refractivity contribution in [2.24, 2.45) is 5.92 Å². The van der Waals surface area contributed by atoms with Crippen molar-refractivity contribution in [2.75, 3.05) is 0 Å². The number of rotatable bonds is 0. The molecule has 2 bridgehead atoms. The number of aliphatic hydroxyl groups is 2. The zero-order chi connectivity index (χ0) is 17.9. The number of esters is 1. The van der Waals surface area contributed by atoms with Crippen LogP contribution in [0.25, 0.3) is 0 Å². The van der Waals surface area contributed by atoms with Crippen molar-refractivity contribution in [3.05, 3.63) is 35.5 Å². The topological polar surface area (TPSA) is 66.8 Å². The van der Waals surface area contributed by atoms with Crippen LogP contribution >= 0.6 is 0 Å². The van der Waals surface area contributed by atoms with Gasteiger partial charge in [-0.2, -0.15) is 0 Å². The Balaban J connectivity index is 2.29. The third-order valence-electron chi connectivity index (χ3n) is 5.29. The maximum Gasteiger partial charge on any atom is 0.334 e. The number of carbonyl (C=O) groups excluding carboxylic acids is 1. The second kappa shape index (κ2) is 7.66. The summed E-state index contributed by atoms with van der Waals surface area (Å²) in [6, 6.07) is 0. The molecule has 0 spiro atoms. The van der Waals surface area contributed by atoms with Gasteiger partial charge in [0.2, 0.25) is 0 Å². The third kappa shape index (κ3) is 4.58. The average molecular weight is 334 g/mol. The Morgan fingerprint density at radius 2 is 1.92 bits per heavy atom. The van der Waals surface area contributed by atoms with Crippen LogP contribution in [-0.4, -0.2) is 34.0 Å². The smallest absolute Gasteiger partial charge is 0.334 e. The molecule has 1 heterocycles. The molecule has 0 aromatic rings. The van der Waals surface area contributed by atoms with Gasteiger partial charge in [-0.25, -0.2) is 4.79 Å². The van der Waals surface area contributed by atoms with E-state index < -0.39 is 23.8 Å². The van der Waals surface area contributed by atoms with Crippen LogP contribution in [-0.2, 0) is 9.53 Å². The second-order valence-electron chi connectivity index (χ2n) is 7.57. The summed E-state index contributed by atoms with van der Waals surface area (Å²) >= 11 is 0. The maximum absolute atomic E-state index is 12.1. The molecule has 24 heavy (non-hydrogen) atoms. The van der Waals surface area contributed by atoms with Crippen molar-refractivity contribution in [3.63, 3.8) is 0 Å². The molecule has 4 unspecified atom stereocenters. The third-order valence-corrected chi connectivity index (χ3v) is 5.29. The zero-order valence-corrected chi connectivity index (χ0v) is 15.0. The van der Waals surface area contributed by atoms with E-state index in [1.807, 2.05) is 6.92 Å². The predicted molar refractivity (Wildman–Crippen MR) is 94.4 cm³/mol. The summed E-state index contributed by atoms with van der Waals surface area (Å²) in [5.41, 5.74) is 1.60. The van der Waals surface area contributed by atoms with Gasteiger partial charge in [-0.3, -0.25) is 0 Å². The minimum absolute atomic E-state index is 0.310. The van der Waals surface area contributed by atoms with Gasteiger partial charge < -0.3 is 14.9 Å². The highest BCUT2D eigenvalue weighted by Crippen LogP contribution is 2.36. The largest absolute Gasteiger partial charge is 0.456 e. The van der Waals surface area contributed by atoms with Crippen molar-refractivity contribution in [1.29, 1.82) is 0 Å². The summed E-state index contributed by atoms with van der Waals surface area (Å²) in [7, 11) is 0. The van der Waals surface area contributed by atoms with E-state index in [-0.39, 0.29) is 5.92 Å². The van der Waals surface area contributed by atoms with Gasteiger partial charge in [0, 0.05) is 11.5 Å². The SMILES string of the molecule is C=C1C(=O)OC2CC1C(O)CC(C)=CCC/C(C)=C/CCC2(C)O. The Morgan fingerprint density at radius 3 is 2.62 bits per heavy atom. The lowest BCUT2D eigenvalue weighted by molar-refractivity contribution is -0.171. The summed E-state index contributed by atoms with van der Waals surface area (Å²) < 4.78 is 5.41. The Morgan fingerprint density at radius 1 is 1.25 bits per heavy atom. The molecule has 2 rings (SSSR count). The van der Waals surface area contributed by atoms with E-state index in [1.165, 1.54) is 5.57 Å². The first kappa shape index (κ1) is 18.9. The monoisotopic (exact) mass is 334 g/mol. The lowest BCUT2D eigenvalue weighted by Gasteiger charge is -2.40. The summed E-state index contributed by atoms with van der Waals surface area (Å²) in [5.74, 6) is -0.873. The predicted octanol–water partition coefficient (Wildman–Crippen LogP) is 3.44. The number of ether oxygens (including phenoxy) is 1. The Hall–Kier alpha value is -1.39. The first-order valence-electron chi connectivity index (χ1n) is 8.82. The minimum atomic E-state index is -1.11. The molecule has 1 aliphatic heterocycles. The van der Waals surface area contributed by atoms with Gasteiger partial charge in [-0.1, -0.05) is 29.9 Å². The molecule has 0 amide bonds. The van der Waals surface area contributed by atoms with E-state index in [0.29, 0.717) is 24.8 Å². The molecule has 1 saturated heterocycles. The van der Waals surface area contributed by atoms with Gasteiger partial charge in [-0.05, 0) is 59.3 Å². The van der Waals surface area contributed by atoms with Gasteiger partial charge in [0.1, 0.15) is 6.10 Å². The standard InChI is InChI=1S/C20H30O4/c1-13-7-5-8-14(2)11-17(21)16-12-18(24-19(22)15(16)3)20(4,23)10-6-9-13/h8-9,16-18,21,23H,3,5-7,10-12H2,1-2,4H3/b13-9+,14-8?. The molecular formula is C20H30O4. The van der Waals surface area contributed by atoms with Gasteiger partial charge in [-0.15, -0.1) is 0 Å². The van der Waals surface area contributed by atoms with Crippen molar-refractivity contribution < 1.29 is 19.7 Å². The number of carbonyl (C=O) groups is 1. The van der Waals surface area contributed by atoms with Crippen LogP contribution in [0.2, 0.25) is 0 Å². The fourth-order valence-corrected chi connectivity index (χ4v) is 3.52. The lowest BCUT2D eigenvalue weighted by Crippen LogP contribution is -2.49. The summed E-state index contributed by atoms with van der Waals surface area (Å²) in [4.78, 5) is 12.1. The second-order valence-corrected chi connectivity index (χ2v) is 7.57. The molecule has 0 radical (unpaired) electrons. The molecule has 4 heteroatoms. The Kier molecular flexibility index (Phi) is 6.05. The van der Waals surface area contributed by atoms with E-state index in [2.05, 4.69) is 25.7 Å². The Bertz CT molecular complexity index is 556. The number of allylic oxidation sites excluding steroid dienone is 3. The van der Waals surface area contributed by atoms with Gasteiger partial charge >= 0.3 is 5.97 Å². The average Bonchev–Trinajstić information content (AvgIpc) is 2.48. The van der Waals surface area contributed by atoms with Crippen LogP contribution in [0.3, 0.4) is 0 Å². The molecule has 4 atom stereocenters. The first-order valence-corrected chi connectivity index (χ1v) is 8.82. The summed E-state index contributed by atoms with van der Waals surface area (Å²) in [6.45, 7) is 9.62. The van der Waals surface area contributed by atoms with E-state index in [1.54, 1.807) is 6.92 Å². The van der Waals surface area contributed by atoms with Crippen LogP contribution < -0.4 is 0 Å². The summed E-state index contributed by atoms with van der Waals surface area (Å²) in [5, 5.41) is 21.4. The molecule has 1 aliphatic carbocycles. The summed E-state index contributed by atoms with van der Waals surface area (Å²) in [6.07, 6.45) is 7.11. The number of hydrogen-bond donors (Lipinski definition) is 2. The van der Waals surface area contributed by atoms with Gasteiger partial charge in [0.15, 0.2) is 0 Å². The van der Waals surface area contributed by atoms with E-state index >= 15 is 0 Å². The highest BCUT2D eigenvalue weighted by Gasteiger charge is 2.43. The molecule has 2 N–H and O–H groups in total. The van der Waals surface area contributed by atoms with Crippen molar-refractivity contribution in [3.8, 4) is 0 Å². The highest BCUT2D eigenvalue weighted by atomic mass is 16.6. The van der Waals surface area contributed by atoms with Crippen molar-refractivity contribution in [1.82, 2.24) is 0 Å². The molecule has 0 aromatic carbocycles. The van der Waals surface area contributed by atoms with Crippen LogP contribution in [0.5, 0.6) is 0 Å². The number of hydrogen-bond acceptors (Lipinski definition) is 4. The van der Waals surface area contributed by atoms with Gasteiger partial charge in [0.25, 0.3) is 0 Å². The quantitative estimate of drug-likeness (QED) is 0.404. The molecule has 2 aliphatic rings. The molecule has 0 saturated carbocycles. The highest BCUT2D eigenvalue weighted by molar-refractivity contribution is 5.89. The van der Waals surface area contributed by atoms with Crippen molar-refractivity contribution >= 4 is 5.97 Å². The first-order chi connectivity index (χ1) is 11.2. The number of fused-ring (bicyclic) bond motifs is 2. The van der Waals surface area contributed by atoms with E-state index in [9.17, 15) is 15.0 Å².